The lowest BCUT2D eigenvalue weighted by Crippen LogP contribution is -1.98. The predicted molar refractivity (Wildman–Crippen MR) is 73.4 cm³/mol. The molecule has 1 aromatic carbocycles. The fourth-order valence-electron chi connectivity index (χ4n) is 1.60. The van der Waals surface area contributed by atoms with Gasteiger partial charge in [0.15, 0.2) is 0 Å². The maximum atomic E-state index is 5.33. The van der Waals surface area contributed by atoms with Crippen LogP contribution in [0.15, 0.2) is 40.5 Å². The van der Waals surface area contributed by atoms with E-state index in [0.29, 0.717) is 0 Å². The molecule has 0 radical (unpaired) electrons. The zero-order valence-corrected chi connectivity index (χ0v) is 11.4. The predicted octanol–water partition coefficient (Wildman–Crippen LogP) is 2.99. The molecule has 2 aromatic rings. The first-order chi connectivity index (χ1) is 8.76. The van der Waals surface area contributed by atoms with E-state index in [1.54, 1.807) is 25.2 Å². The highest BCUT2D eigenvalue weighted by molar-refractivity contribution is 7.99. The van der Waals surface area contributed by atoms with Gasteiger partial charge in [0, 0.05) is 12.6 Å². The van der Waals surface area contributed by atoms with Crippen LogP contribution in [-0.2, 0) is 0 Å². The van der Waals surface area contributed by atoms with E-state index >= 15 is 0 Å². The number of anilines is 1. The van der Waals surface area contributed by atoms with Crippen LogP contribution in [0.2, 0.25) is 0 Å². The maximum absolute atomic E-state index is 5.33. The summed E-state index contributed by atoms with van der Waals surface area (Å²) in [6.07, 6.45) is 1.57. The Balaban J connectivity index is 2.34. The Labute approximate surface area is 111 Å². The zero-order valence-electron chi connectivity index (χ0n) is 10.6. The second kappa shape index (κ2) is 5.73. The number of para-hydroxylation sites is 1. The fraction of sp³-hybridized carbons (Fsp3) is 0.231. The molecule has 0 spiro atoms. The minimum atomic E-state index is 0.849. The Kier molecular flexibility index (Phi) is 4.04. The minimum absolute atomic E-state index is 0.849. The van der Waals surface area contributed by atoms with E-state index in [1.165, 1.54) is 0 Å². The molecule has 18 heavy (non-hydrogen) atoms. The quantitative estimate of drug-likeness (QED) is 0.857. The minimum Gasteiger partial charge on any atom is -0.496 e. The molecule has 94 valence electrons. The standard InChI is InChI=1S/C13H15N3OS/c1-9-12(14-2)15-8-16-13(9)18-11-7-5-4-6-10(11)17-3/h4-8H,1-3H3,(H,14,15,16). The highest BCUT2D eigenvalue weighted by atomic mass is 32.2. The third kappa shape index (κ3) is 2.56. The smallest absolute Gasteiger partial charge is 0.133 e. The molecule has 1 heterocycles. The molecule has 0 bridgehead atoms. The van der Waals surface area contributed by atoms with Crippen molar-refractivity contribution >= 4 is 17.6 Å². The number of aromatic nitrogens is 2. The van der Waals surface area contributed by atoms with Gasteiger partial charge in [0.1, 0.15) is 22.9 Å². The Hall–Kier alpha value is -1.75. The van der Waals surface area contributed by atoms with Crippen molar-refractivity contribution in [1.82, 2.24) is 9.97 Å². The Morgan fingerprint density at radius 3 is 2.72 bits per heavy atom. The molecule has 0 saturated carbocycles. The maximum Gasteiger partial charge on any atom is 0.133 e. The molecule has 0 atom stereocenters. The van der Waals surface area contributed by atoms with Gasteiger partial charge in [-0.1, -0.05) is 23.9 Å². The van der Waals surface area contributed by atoms with Crippen LogP contribution in [0.25, 0.3) is 0 Å². The Morgan fingerprint density at radius 2 is 2.00 bits per heavy atom. The van der Waals surface area contributed by atoms with Crippen LogP contribution >= 0.6 is 11.8 Å². The zero-order chi connectivity index (χ0) is 13.0. The number of hydrogen-bond acceptors (Lipinski definition) is 5. The van der Waals surface area contributed by atoms with Crippen LogP contribution in [0.4, 0.5) is 5.82 Å². The number of nitrogens with zero attached hydrogens (tertiary/aromatic N) is 2. The number of rotatable bonds is 4. The van der Waals surface area contributed by atoms with Gasteiger partial charge < -0.3 is 10.1 Å². The van der Waals surface area contributed by atoms with E-state index in [1.807, 2.05) is 38.2 Å². The fourth-order valence-corrected chi connectivity index (χ4v) is 2.55. The van der Waals surface area contributed by atoms with E-state index in [-0.39, 0.29) is 0 Å². The summed E-state index contributed by atoms with van der Waals surface area (Å²) in [6, 6.07) is 7.90. The lowest BCUT2D eigenvalue weighted by Gasteiger charge is -2.10. The molecule has 0 saturated heterocycles. The summed E-state index contributed by atoms with van der Waals surface area (Å²) in [5.41, 5.74) is 1.04. The normalized spacial score (nSPS) is 10.2. The molecule has 0 aliphatic carbocycles. The average Bonchev–Trinajstić information content (AvgIpc) is 2.42. The highest BCUT2D eigenvalue weighted by Crippen LogP contribution is 2.35. The first-order valence-corrected chi connectivity index (χ1v) is 6.38. The molecule has 0 unspecified atom stereocenters. The number of methoxy groups -OCH3 is 1. The highest BCUT2D eigenvalue weighted by Gasteiger charge is 2.10. The van der Waals surface area contributed by atoms with Gasteiger partial charge in [-0.15, -0.1) is 0 Å². The number of benzene rings is 1. The van der Waals surface area contributed by atoms with Gasteiger partial charge in [-0.2, -0.15) is 0 Å². The molecular formula is C13H15N3OS. The van der Waals surface area contributed by atoms with Crippen LogP contribution in [-0.4, -0.2) is 24.1 Å². The molecule has 5 heteroatoms. The van der Waals surface area contributed by atoms with Crippen molar-refractivity contribution < 1.29 is 4.74 Å². The van der Waals surface area contributed by atoms with Crippen molar-refractivity contribution in [2.75, 3.05) is 19.5 Å². The van der Waals surface area contributed by atoms with Gasteiger partial charge in [0.2, 0.25) is 0 Å². The van der Waals surface area contributed by atoms with E-state index in [9.17, 15) is 0 Å². The molecule has 1 aromatic heterocycles. The van der Waals surface area contributed by atoms with Crippen LogP contribution in [0, 0.1) is 6.92 Å². The van der Waals surface area contributed by atoms with Crippen molar-refractivity contribution in [2.45, 2.75) is 16.8 Å². The van der Waals surface area contributed by atoms with Gasteiger partial charge in [0.25, 0.3) is 0 Å². The summed E-state index contributed by atoms with van der Waals surface area (Å²) in [4.78, 5) is 9.53. The molecular weight excluding hydrogens is 246 g/mol. The van der Waals surface area contributed by atoms with Crippen LogP contribution in [0.5, 0.6) is 5.75 Å². The van der Waals surface area contributed by atoms with Gasteiger partial charge in [-0.25, -0.2) is 9.97 Å². The summed E-state index contributed by atoms with van der Waals surface area (Å²) in [7, 11) is 3.53. The number of hydrogen-bond donors (Lipinski definition) is 1. The first-order valence-electron chi connectivity index (χ1n) is 5.56. The molecule has 0 amide bonds. The SMILES string of the molecule is CNc1ncnc(Sc2ccccc2OC)c1C. The largest absolute Gasteiger partial charge is 0.496 e. The van der Waals surface area contributed by atoms with Crippen LogP contribution in [0.1, 0.15) is 5.56 Å². The van der Waals surface area contributed by atoms with Crippen LogP contribution in [0.3, 0.4) is 0 Å². The molecule has 2 rings (SSSR count). The van der Waals surface area contributed by atoms with Crippen molar-refractivity contribution in [1.29, 1.82) is 0 Å². The van der Waals surface area contributed by atoms with Crippen molar-refractivity contribution in [3.8, 4) is 5.75 Å². The second-order valence-corrected chi connectivity index (χ2v) is 4.69. The third-order valence-corrected chi connectivity index (χ3v) is 3.71. The number of nitrogens with one attached hydrogen (secondary N) is 1. The van der Waals surface area contributed by atoms with Gasteiger partial charge in [-0.3, -0.25) is 0 Å². The average molecular weight is 261 g/mol. The van der Waals surface area contributed by atoms with Crippen molar-refractivity contribution in [2.24, 2.45) is 0 Å². The van der Waals surface area contributed by atoms with Crippen molar-refractivity contribution in [3.63, 3.8) is 0 Å². The van der Waals surface area contributed by atoms with Crippen LogP contribution < -0.4 is 10.1 Å². The summed E-state index contributed by atoms with van der Waals surface area (Å²) in [5, 5.41) is 3.98. The second-order valence-electron chi connectivity index (χ2n) is 3.66. The summed E-state index contributed by atoms with van der Waals surface area (Å²) >= 11 is 1.58. The first kappa shape index (κ1) is 12.7. The lowest BCUT2D eigenvalue weighted by atomic mass is 10.3. The van der Waals surface area contributed by atoms with E-state index in [4.69, 9.17) is 4.74 Å². The van der Waals surface area contributed by atoms with Gasteiger partial charge in [-0.05, 0) is 19.1 Å². The molecule has 4 nitrogen and oxygen atoms in total. The third-order valence-electron chi connectivity index (χ3n) is 2.55. The number of ether oxygens (including phenoxy) is 1. The van der Waals surface area contributed by atoms with Gasteiger partial charge >= 0.3 is 0 Å². The molecule has 0 aliphatic heterocycles. The molecule has 0 aliphatic rings. The van der Waals surface area contributed by atoms with E-state index in [0.717, 1.165) is 27.1 Å². The Morgan fingerprint density at radius 1 is 1.22 bits per heavy atom. The van der Waals surface area contributed by atoms with Crippen molar-refractivity contribution in [3.05, 3.63) is 36.2 Å². The van der Waals surface area contributed by atoms with Gasteiger partial charge in [0.05, 0.1) is 12.0 Å². The van der Waals surface area contributed by atoms with E-state index < -0.39 is 0 Å². The lowest BCUT2D eigenvalue weighted by molar-refractivity contribution is 0.405. The topological polar surface area (TPSA) is 47.0 Å². The summed E-state index contributed by atoms with van der Waals surface area (Å²) < 4.78 is 5.33. The Bertz CT molecular complexity index is 546. The van der Waals surface area contributed by atoms with E-state index in [2.05, 4.69) is 15.3 Å². The molecule has 0 fully saturated rings. The summed E-state index contributed by atoms with van der Waals surface area (Å²) in [6.45, 7) is 2.00. The molecule has 1 N–H and O–H groups in total. The monoisotopic (exact) mass is 261 g/mol. The summed E-state index contributed by atoms with van der Waals surface area (Å²) in [5.74, 6) is 1.70.